The molecule has 20 heavy (non-hydrogen) atoms. The number of ether oxygens (including phenoxy) is 1. The molecular weight excluding hydrogens is 324 g/mol. The summed E-state index contributed by atoms with van der Waals surface area (Å²) in [5.41, 5.74) is 0.530. The first-order chi connectivity index (χ1) is 9.61. The van der Waals surface area contributed by atoms with Gasteiger partial charge in [-0.1, -0.05) is 0 Å². The average Bonchev–Trinajstić information content (AvgIpc) is 2.47. The monoisotopic (exact) mass is 340 g/mol. The lowest BCUT2D eigenvalue weighted by atomic mass is 9.86. The molecule has 1 amide bonds. The Labute approximate surface area is 126 Å². The van der Waals surface area contributed by atoms with E-state index in [2.05, 4.69) is 26.2 Å². The van der Waals surface area contributed by atoms with Crippen LogP contribution in [-0.4, -0.2) is 30.0 Å². The second-order valence-electron chi connectivity index (χ2n) is 4.89. The predicted octanol–water partition coefficient (Wildman–Crippen LogP) is 2.31. The van der Waals surface area contributed by atoms with Gasteiger partial charge in [0, 0.05) is 12.2 Å². The molecule has 1 saturated carbocycles. The van der Waals surface area contributed by atoms with Crippen LogP contribution in [0.4, 0.5) is 0 Å². The molecule has 108 valence electrons. The maximum absolute atomic E-state index is 12.1. The van der Waals surface area contributed by atoms with Crippen molar-refractivity contribution in [2.75, 3.05) is 7.11 Å². The fourth-order valence-electron chi connectivity index (χ4n) is 2.46. The van der Waals surface area contributed by atoms with E-state index < -0.39 is 0 Å². The average molecular weight is 341 g/mol. The van der Waals surface area contributed by atoms with Crippen molar-refractivity contribution in [3.63, 3.8) is 0 Å². The summed E-state index contributed by atoms with van der Waals surface area (Å²) in [6.45, 7) is 0. The summed E-state index contributed by atoms with van der Waals surface area (Å²) in [7, 11) is 1.41. The van der Waals surface area contributed by atoms with Crippen LogP contribution < -0.4 is 5.32 Å². The van der Waals surface area contributed by atoms with Gasteiger partial charge in [-0.15, -0.1) is 0 Å². The number of hydrogen-bond donors (Lipinski definition) is 1. The summed E-state index contributed by atoms with van der Waals surface area (Å²) in [4.78, 5) is 27.6. The number of hydrogen-bond acceptors (Lipinski definition) is 4. The molecule has 1 aromatic rings. The molecule has 0 aromatic carbocycles. The van der Waals surface area contributed by atoms with Gasteiger partial charge in [-0.25, -0.2) is 4.98 Å². The number of carbonyl (C=O) groups is 2. The van der Waals surface area contributed by atoms with Crippen molar-refractivity contribution in [3.8, 4) is 0 Å². The first kappa shape index (κ1) is 15.0. The molecule has 1 heterocycles. The molecule has 2 rings (SSSR count). The third-order valence-corrected chi connectivity index (χ3v) is 4.23. The van der Waals surface area contributed by atoms with Gasteiger partial charge < -0.3 is 10.1 Å². The van der Waals surface area contributed by atoms with Crippen LogP contribution >= 0.6 is 15.9 Å². The normalized spacial score (nSPS) is 22.1. The quantitative estimate of drug-likeness (QED) is 0.677. The summed E-state index contributed by atoms with van der Waals surface area (Å²) < 4.78 is 5.29. The van der Waals surface area contributed by atoms with E-state index in [1.165, 1.54) is 7.11 Å². The van der Waals surface area contributed by atoms with Crippen LogP contribution in [0.25, 0.3) is 0 Å². The van der Waals surface area contributed by atoms with Gasteiger partial charge in [-0.3, -0.25) is 9.59 Å². The van der Waals surface area contributed by atoms with E-state index in [1.807, 2.05) is 0 Å². The second-order valence-corrected chi connectivity index (χ2v) is 5.64. The molecule has 1 aliphatic carbocycles. The smallest absolute Gasteiger partial charge is 0.308 e. The molecule has 0 aliphatic heterocycles. The number of nitrogens with zero attached hydrogens (tertiary/aromatic N) is 1. The fourth-order valence-corrected chi connectivity index (χ4v) is 2.89. The van der Waals surface area contributed by atoms with E-state index in [1.54, 1.807) is 18.3 Å². The molecule has 1 fully saturated rings. The molecule has 0 unspecified atom stereocenters. The number of rotatable bonds is 3. The highest BCUT2D eigenvalue weighted by molar-refractivity contribution is 9.10. The van der Waals surface area contributed by atoms with Crippen molar-refractivity contribution < 1.29 is 14.3 Å². The topological polar surface area (TPSA) is 68.3 Å². The fraction of sp³-hybridized carbons (Fsp3) is 0.500. The zero-order valence-corrected chi connectivity index (χ0v) is 12.9. The number of esters is 1. The summed E-state index contributed by atoms with van der Waals surface area (Å²) >= 11 is 3.27. The van der Waals surface area contributed by atoms with Crippen molar-refractivity contribution in [1.82, 2.24) is 10.3 Å². The van der Waals surface area contributed by atoms with Gasteiger partial charge in [0.25, 0.3) is 5.91 Å². The Hall–Kier alpha value is -1.43. The van der Waals surface area contributed by atoms with Crippen molar-refractivity contribution >= 4 is 27.8 Å². The summed E-state index contributed by atoms with van der Waals surface area (Å²) in [5, 5.41) is 2.99. The SMILES string of the molecule is COC(=O)C1CCC(NC(=O)c2cccnc2Br)CC1. The number of carbonyl (C=O) groups excluding carboxylic acids is 2. The molecule has 0 atom stereocenters. The van der Waals surface area contributed by atoms with E-state index in [0.717, 1.165) is 25.7 Å². The van der Waals surface area contributed by atoms with Crippen molar-refractivity contribution in [1.29, 1.82) is 0 Å². The molecule has 1 N–H and O–H groups in total. The Morgan fingerprint density at radius 3 is 2.65 bits per heavy atom. The lowest BCUT2D eigenvalue weighted by molar-refractivity contribution is -0.146. The van der Waals surface area contributed by atoms with Crippen molar-refractivity contribution in [3.05, 3.63) is 28.5 Å². The molecule has 1 aromatic heterocycles. The second kappa shape index (κ2) is 6.83. The zero-order valence-electron chi connectivity index (χ0n) is 11.3. The Balaban J connectivity index is 1.88. The first-order valence-electron chi connectivity index (χ1n) is 6.61. The lowest BCUT2D eigenvalue weighted by Crippen LogP contribution is -2.39. The minimum Gasteiger partial charge on any atom is -0.469 e. The summed E-state index contributed by atoms with van der Waals surface area (Å²) in [6.07, 6.45) is 4.73. The number of aromatic nitrogens is 1. The standard InChI is InChI=1S/C14H17BrN2O3/c1-20-14(19)9-4-6-10(7-5-9)17-13(18)11-3-2-8-16-12(11)15/h2-3,8-10H,4-7H2,1H3,(H,17,18). The van der Waals surface area contributed by atoms with Gasteiger partial charge >= 0.3 is 5.97 Å². The summed E-state index contributed by atoms with van der Waals surface area (Å²) in [5.74, 6) is -0.311. The number of amides is 1. The van der Waals surface area contributed by atoms with Gasteiger partial charge in [-0.05, 0) is 53.7 Å². The van der Waals surface area contributed by atoms with Crippen LogP contribution in [0.15, 0.2) is 22.9 Å². The Morgan fingerprint density at radius 1 is 1.35 bits per heavy atom. The molecule has 6 heteroatoms. The lowest BCUT2D eigenvalue weighted by Gasteiger charge is -2.27. The number of nitrogens with one attached hydrogen (secondary N) is 1. The van der Waals surface area contributed by atoms with Crippen molar-refractivity contribution in [2.24, 2.45) is 5.92 Å². The molecule has 0 radical (unpaired) electrons. The Kier molecular flexibility index (Phi) is 5.11. The maximum Gasteiger partial charge on any atom is 0.308 e. The molecule has 0 saturated heterocycles. The maximum atomic E-state index is 12.1. The third kappa shape index (κ3) is 3.56. The third-order valence-electron chi connectivity index (χ3n) is 3.60. The molecule has 1 aliphatic rings. The number of pyridine rings is 1. The van der Waals surface area contributed by atoms with E-state index in [-0.39, 0.29) is 23.8 Å². The molecule has 0 spiro atoms. The molecule has 0 bridgehead atoms. The Morgan fingerprint density at radius 2 is 2.05 bits per heavy atom. The van der Waals surface area contributed by atoms with Gasteiger partial charge in [0.1, 0.15) is 4.60 Å². The van der Waals surface area contributed by atoms with Crippen LogP contribution in [0.3, 0.4) is 0 Å². The first-order valence-corrected chi connectivity index (χ1v) is 7.40. The van der Waals surface area contributed by atoms with E-state index >= 15 is 0 Å². The van der Waals surface area contributed by atoms with Crippen LogP contribution in [0.5, 0.6) is 0 Å². The van der Waals surface area contributed by atoms with E-state index in [0.29, 0.717) is 10.2 Å². The Bertz CT molecular complexity index is 499. The van der Waals surface area contributed by atoms with E-state index in [9.17, 15) is 9.59 Å². The number of halogens is 1. The molecule has 5 nitrogen and oxygen atoms in total. The molecular formula is C14H17BrN2O3. The largest absolute Gasteiger partial charge is 0.469 e. The predicted molar refractivity (Wildman–Crippen MR) is 77.2 cm³/mol. The zero-order chi connectivity index (χ0) is 14.5. The van der Waals surface area contributed by atoms with Gasteiger partial charge in [0.05, 0.1) is 18.6 Å². The van der Waals surface area contributed by atoms with Crippen LogP contribution in [-0.2, 0) is 9.53 Å². The number of methoxy groups -OCH3 is 1. The highest BCUT2D eigenvalue weighted by atomic mass is 79.9. The van der Waals surface area contributed by atoms with Crippen LogP contribution in [0, 0.1) is 5.92 Å². The van der Waals surface area contributed by atoms with Crippen molar-refractivity contribution in [2.45, 2.75) is 31.7 Å². The van der Waals surface area contributed by atoms with E-state index in [4.69, 9.17) is 4.74 Å². The van der Waals surface area contributed by atoms with Gasteiger partial charge in [0.15, 0.2) is 0 Å². The van der Waals surface area contributed by atoms with Crippen LogP contribution in [0.1, 0.15) is 36.0 Å². The summed E-state index contributed by atoms with van der Waals surface area (Å²) in [6, 6.07) is 3.57. The van der Waals surface area contributed by atoms with Gasteiger partial charge in [-0.2, -0.15) is 0 Å². The van der Waals surface area contributed by atoms with Gasteiger partial charge in [0.2, 0.25) is 0 Å². The highest BCUT2D eigenvalue weighted by Crippen LogP contribution is 2.25. The minimum absolute atomic E-state index is 0.0294. The van der Waals surface area contributed by atoms with Crippen LogP contribution in [0.2, 0.25) is 0 Å². The minimum atomic E-state index is -0.148. The highest BCUT2D eigenvalue weighted by Gasteiger charge is 2.28.